The normalized spacial score (nSPS) is 10.7. The number of nitrogens with one attached hydrogen (secondary N) is 2. The highest BCUT2D eigenvalue weighted by atomic mass is 16.3. The summed E-state index contributed by atoms with van der Waals surface area (Å²) in [6.45, 7) is 2.28. The molecular formula is C24H36N2O. The van der Waals surface area contributed by atoms with Crippen molar-refractivity contribution in [3.63, 3.8) is 0 Å². The van der Waals surface area contributed by atoms with Gasteiger partial charge in [0, 0.05) is 0 Å². The molecular weight excluding hydrogens is 332 g/mol. The molecule has 0 aliphatic heterocycles. The van der Waals surface area contributed by atoms with Crippen molar-refractivity contribution in [3.05, 3.63) is 54.1 Å². The van der Waals surface area contributed by atoms with Crippen LogP contribution in [0.25, 0.3) is 0 Å². The Morgan fingerprint density at radius 2 is 1.04 bits per heavy atom. The van der Waals surface area contributed by atoms with Gasteiger partial charge in [-0.2, -0.15) is 0 Å². The van der Waals surface area contributed by atoms with Crippen molar-refractivity contribution in [1.82, 2.24) is 0 Å². The molecule has 3 N–H and O–H groups in total. The predicted octanol–water partition coefficient (Wildman–Crippen LogP) is 7.29. The van der Waals surface area contributed by atoms with E-state index < -0.39 is 0 Å². The predicted molar refractivity (Wildman–Crippen MR) is 117 cm³/mol. The summed E-state index contributed by atoms with van der Waals surface area (Å²) in [6, 6.07) is 15.6. The van der Waals surface area contributed by atoms with E-state index in [2.05, 4.69) is 42.0 Å². The molecule has 0 aromatic heterocycles. The van der Waals surface area contributed by atoms with E-state index in [0.717, 1.165) is 11.4 Å². The molecule has 0 saturated carbocycles. The minimum Gasteiger partial charge on any atom is -0.508 e. The quantitative estimate of drug-likeness (QED) is 0.186. The number of anilines is 2. The number of aryl methyl sites for hydroxylation is 1. The number of hydrogen-bond donors (Lipinski definition) is 3. The Hall–Kier alpha value is -2.16. The van der Waals surface area contributed by atoms with Crippen LogP contribution in [0, 0.1) is 0 Å². The second-order valence-corrected chi connectivity index (χ2v) is 7.43. The maximum absolute atomic E-state index is 9.30. The Kier molecular flexibility index (Phi) is 10.2. The molecule has 3 nitrogen and oxygen atoms in total. The van der Waals surface area contributed by atoms with Crippen molar-refractivity contribution in [2.24, 2.45) is 0 Å². The maximum Gasteiger partial charge on any atom is 0.115 e. The molecule has 2 rings (SSSR count). The van der Waals surface area contributed by atoms with Gasteiger partial charge in [-0.05, 0) is 54.8 Å². The highest BCUT2D eigenvalue weighted by Gasteiger charge is 1.97. The monoisotopic (exact) mass is 368 g/mol. The van der Waals surface area contributed by atoms with Crippen LogP contribution in [0.15, 0.2) is 48.5 Å². The largest absolute Gasteiger partial charge is 0.508 e. The number of rotatable bonds is 14. The third-order valence-electron chi connectivity index (χ3n) is 4.99. The van der Waals surface area contributed by atoms with Crippen LogP contribution in [-0.2, 0) is 6.42 Å². The summed E-state index contributed by atoms with van der Waals surface area (Å²) in [5.41, 5.74) is 9.68. The van der Waals surface area contributed by atoms with Gasteiger partial charge in [0.1, 0.15) is 5.75 Å². The van der Waals surface area contributed by atoms with Gasteiger partial charge in [0.2, 0.25) is 0 Å². The Labute approximate surface area is 165 Å². The third-order valence-corrected chi connectivity index (χ3v) is 4.99. The fourth-order valence-corrected chi connectivity index (χ4v) is 3.26. The van der Waals surface area contributed by atoms with Crippen molar-refractivity contribution in [2.75, 3.05) is 10.9 Å². The molecule has 0 unspecified atom stereocenters. The zero-order valence-corrected chi connectivity index (χ0v) is 16.8. The van der Waals surface area contributed by atoms with Crippen LogP contribution < -0.4 is 10.9 Å². The number of hydrogen-bond acceptors (Lipinski definition) is 3. The van der Waals surface area contributed by atoms with Gasteiger partial charge in [0.25, 0.3) is 0 Å². The molecule has 0 radical (unpaired) electrons. The lowest BCUT2D eigenvalue weighted by molar-refractivity contribution is 0.475. The molecule has 0 fully saturated rings. The second kappa shape index (κ2) is 13.1. The van der Waals surface area contributed by atoms with Gasteiger partial charge in [-0.25, -0.2) is 0 Å². The molecule has 3 heteroatoms. The van der Waals surface area contributed by atoms with Crippen LogP contribution in [0.4, 0.5) is 11.4 Å². The van der Waals surface area contributed by atoms with Crippen molar-refractivity contribution in [3.8, 4) is 5.75 Å². The van der Waals surface area contributed by atoms with E-state index in [9.17, 15) is 5.11 Å². The number of phenols is 1. The van der Waals surface area contributed by atoms with Gasteiger partial charge in [-0.15, -0.1) is 0 Å². The first-order chi connectivity index (χ1) is 13.3. The van der Waals surface area contributed by atoms with Crippen LogP contribution in [-0.4, -0.2) is 5.11 Å². The molecule has 2 aromatic rings. The van der Waals surface area contributed by atoms with E-state index in [4.69, 9.17) is 0 Å². The lowest BCUT2D eigenvalue weighted by Crippen LogP contribution is -2.08. The number of hydrazine groups is 1. The summed E-state index contributed by atoms with van der Waals surface area (Å²) in [5, 5.41) is 9.30. The van der Waals surface area contributed by atoms with E-state index in [1.54, 1.807) is 12.1 Å². The van der Waals surface area contributed by atoms with E-state index in [1.165, 1.54) is 76.2 Å². The first-order valence-corrected chi connectivity index (χ1v) is 10.7. The topological polar surface area (TPSA) is 44.3 Å². The fourth-order valence-electron chi connectivity index (χ4n) is 3.26. The summed E-state index contributed by atoms with van der Waals surface area (Å²) in [5.74, 6) is 0.275. The van der Waals surface area contributed by atoms with Crippen molar-refractivity contribution in [1.29, 1.82) is 0 Å². The molecule has 2 aromatic carbocycles. The molecule has 0 atom stereocenters. The molecule has 0 aliphatic rings. The van der Waals surface area contributed by atoms with Crippen LogP contribution in [0.2, 0.25) is 0 Å². The summed E-state index contributed by atoms with van der Waals surface area (Å²) >= 11 is 0. The fraction of sp³-hybridized carbons (Fsp3) is 0.500. The summed E-state index contributed by atoms with van der Waals surface area (Å²) < 4.78 is 0. The van der Waals surface area contributed by atoms with Gasteiger partial charge in [0.15, 0.2) is 0 Å². The van der Waals surface area contributed by atoms with Gasteiger partial charge in [0.05, 0.1) is 11.4 Å². The second-order valence-electron chi connectivity index (χ2n) is 7.43. The first kappa shape index (κ1) is 21.1. The van der Waals surface area contributed by atoms with Gasteiger partial charge in [-0.1, -0.05) is 76.8 Å². The zero-order valence-electron chi connectivity index (χ0n) is 16.8. The Balaban J connectivity index is 1.53. The van der Waals surface area contributed by atoms with Crippen LogP contribution in [0.1, 0.15) is 76.7 Å². The molecule has 0 spiro atoms. The SMILES string of the molecule is CCCCCCCCCCCCc1ccc(NNc2ccc(O)cc2)cc1. The Bertz CT molecular complexity index is 607. The number of aromatic hydroxyl groups is 1. The van der Waals surface area contributed by atoms with Crippen molar-refractivity contribution < 1.29 is 5.11 Å². The molecule has 0 bridgehead atoms. The number of phenolic OH excluding ortho intramolecular Hbond substituents is 1. The molecule has 0 aliphatic carbocycles. The average Bonchev–Trinajstić information content (AvgIpc) is 2.70. The maximum atomic E-state index is 9.30. The van der Waals surface area contributed by atoms with Crippen LogP contribution in [0.3, 0.4) is 0 Å². The Morgan fingerprint density at radius 1 is 0.593 bits per heavy atom. The molecule has 27 heavy (non-hydrogen) atoms. The molecule has 0 heterocycles. The lowest BCUT2D eigenvalue weighted by atomic mass is 10.0. The van der Waals surface area contributed by atoms with Gasteiger partial charge in [-0.3, -0.25) is 0 Å². The van der Waals surface area contributed by atoms with Gasteiger partial charge < -0.3 is 16.0 Å². The molecule has 148 valence electrons. The lowest BCUT2D eigenvalue weighted by Gasteiger charge is -2.10. The number of unbranched alkanes of at least 4 members (excludes halogenated alkanes) is 9. The van der Waals surface area contributed by atoms with Crippen LogP contribution in [0.5, 0.6) is 5.75 Å². The Morgan fingerprint density at radius 3 is 1.56 bits per heavy atom. The molecule has 0 amide bonds. The highest BCUT2D eigenvalue weighted by Crippen LogP contribution is 2.16. The first-order valence-electron chi connectivity index (χ1n) is 10.7. The standard InChI is InChI=1S/C24H36N2O/c1-2-3-4-5-6-7-8-9-10-11-12-21-13-15-22(16-14-21)25-26-23-17-19-24(27)20-18-23/h13-20,25-27H,2-12H2,1H3. The number of benzene rings is 2. The highest BCUT2D eigenvalue weighted by molar-refractivity contribution is 5.53. The van der Waals surface area contributed by atoms with E-state index >= 15 is 0 Å². The van der Waals surface area contributed by atoms with Crippen molar-refractivity contribution in [2.45, 2.75) is 77.6 Å². The summed E-state index contributed by atoms with van der Waals surface area (Å²) in [4.78, 5) is 0. The minimum atomic E-state index is 0.275. The van der Waals surface area contributed by atoms with Crippen molar-refractivity contribution >= 4 is 11.4 Å². The zero-order chi connectivity index (χ0) is 19.2. The summed E-state index contributed by atoms with van der Waals surface area (Å²) in [6.07, 6.45) is 15.0. The van der Waals surface area contributed by atoms with E-state index in [0.29, 0.717) is 0 Å². The summed E-state index contributed by atoms with van der Waals surface area (Å²) in [7, 11) is 0. The van der Waals surface area contributed by atoms with Gasteiger partial charge >= 0.3 is 0 Å². The third kappa shape index (κ3) is 9.37. The van der Waals surface area contributed by atoms with E-state index in [1.807, 2.05) is 12.1 Å². The molecule has 0 saturated heterocycles. The van der Waals surface area contributed by atoms with E-state index in [-0.39, 0.29) is 5.75 Å². The smallest absolute Gasteiger partial charge is 0.115 e. The van der Waals surface area contributed by atoms with Crippen LogP contribution >= 0.6 is 0 Å². The average molecular weight is 369 g/mol. The minimum absolute atomic E-state index is 0.275.